The third kappa shape index (κ3) is 1.10. The highest BCUT2D eigenvalue weighted by Gasteiger charge is 1.99. The third-order valence-corrected chi connectivity index (χ3v) is 1.45. The SMILES string of the molecule is Br.Nc1cnc2cc[nH]n2c1=O. The van der Waals surface area contributed by atoms with E-state index < -0.39 is 0 Å². The van der Waals surface area contributed by atoms with Gasteiger partial charge >= 0.3 is 0 Å². The summed E-state index contributed by atoms with van der Waals surface area (Å²) in [6.45, 7) is 0. The number of aromatic nitrogens is 3. The average Bonchev–Trinajstić information content (AvgIpc) is 2.45. The summed E-state index contributed by atoms with van der Waals surface area (Å²) in [7, 11) is 0. The summed E-state index contributed by atoms with van der Waals surface area (Å²) in [5.41, 5.74) is 5.78. The molecule has 2 heterocycles. The van der Waals surface area contributed by atoms with Gasteiger partial charge in [0.1, 0.15) is 5.69 Å². The largest absolute Gasteiger partial charge is 0.393 e. The van der Waals surface area contributed by atoms with Crippen LogP contribution in [0, 0.1) is 0 Å². The topological polar surface area (TPSA) is 76.2 Å². The Balaban J connectivity index is 0.000000720. The summed E-state index contributed by atoms with van der Waals surface area (Å²) in [6, 6.07) is 1.70. The van der Waals surface area contributed by atoms with Gasteiger partial charge in [-0.25, -0.2) is 4.98 Å². The van der Waals surface area contributed by atoms with Crippen LogP contribution in [0.25, 0.3) is 5.65 Å². The Hall–Kier alpha value is -1.30. The van der Waals surface area contributed by atoms with E-state index in [1.165, 1.54) is 10.7 Å². The van der Waals surface area contributed by atoms with Crippen molar-refractivity contribution in [3.8, 4) is 0 Å². The fraction of sp³-hybridized carbons (Fsp3) is 0. The van der Waals surface area contributed by atoms with Gasteiger partial charge in [0.25, 0.3) is 5.56 Å². The van der Waals surface area contributed by atoms with Gasteiger partial charge in [0.05, 0.1) is 6.20 Å². The molecule has 2 aromatic rings. The zero-order chi connectivity index (χ0) is 7.84. The first-order valence-corrected chi connectivity index (χ1v) is 3.09. The molecule has 0 atom stereocenters. The number of aromatic amines is 1. The minimum Gasteiger partial charge on any atom is -0.393 e. The van der Waals surface area contributed by atoms with Crippen LogP contribution in [-0.4, -0.2) is 14.6 Å². The van der Waals surface area contributed by atoms with E-state index in [1.54, 1.807) is 12.3 Å². The first kappa shape index (κ1) is 8.79. The molecule has 0 aliphatic rings. The lowest BCUT2D eigenvalue weighted by Gasteiger charge is -1.92. The molecule has 0 spiro atoms. The fourth-order valence-corrected chi connectivity index (χ4v) is 0.910. The summed E-state index contributed by atoms with van der Waals surface area (Å²) in [5.74, 6) is 0. The molecule has 0 aromatic carbocycles. The number of nitrogen functional groups attached to an aromatic ring is 1. The number of fused-ring (bicyclic) bond motifs is 1. The van der Waals surface area contributed by atoms with Gasteiger partial charge in [0.2, 0.25) is 0 Å². The van der Waals surface area contributed by atoms with Crippen molar-refractivity contribution in [3.63, 3.8) is 0 Å². The summed E-state index contributed by atoms with van der Waals surface area (Å²) < 4.78 is 1.29. The highest BCUT2D eigenvalue weighted by Crippen LogP contribution is 1.94. The van der Waals surface area contributed by atoms with Crippen molar-refractivity contribution in [2.45, 2.75) is 0 Å². The summed E-state index contributed by atoms with van der Waals surface area (Å²) in [4.78, 5) is 15.1. The number of halogens is 1. The van der Waals surface area contributed by atoms with Crippen molar-refractivity contribution >= 4 is 28.3 Å². The van der Waals surface area contributed by atoms with Crippen LogP contribution in [0.5, 0.6) is 0 Å². The van der Waals surface area contributed by atoms with Crippen molar-refractivity contribution in [3.05, 3.63) is 28.8 Å². The maximum Gasteiger partial charge on any atom is 0.295 e. The smallest absolute Gasteiger partial charge is 0.295 e. The van der Waals surface area contributed by atoms with Gasteiger partial charge in [0, 0.05) is 12.3 Å². The van der Waals surface area contributed by atoms with Crippen LogP contribution in [0.4, 0.5) is 5.69 Å². The van der Waals surface area contributed by atoms with Crippen molar-refractivity contribution in [2.75, 3.05) is 5.73 Å². The van der Waals surface area contributed by atoms with Crippen LogP contribution >= 0.6 is 17.0 Å². The molecule has 0 radical (unpaired) electrons. The lowest BCUT2D eigenvalue weighted by atomic mass is 10.5. The second-order valence-electron chi connectivity index (χ2n) is 2.17. The van der Waals surface area contributed by atoms with Crippen molar-refractivity contribution in [1.82, 2.24) is 14.6 Å². The number of hydrogen-bond acceptors (Lipinski definition) is 3. The second kappa shape index (κ2) is 2.98. The van der Waals surface area contributed by atoms with E-state index in [4.69, 9.17) is 5.73 Å². The Kier molecular flexibility index (Phi) is 2.18. The van der Waals surface area contributed by atoms with Gasteiger partial charge in [-0.1, -0.05) is 0 Å². The first-order chi connectivity index (χ1) is 5.29. The number of nitrogens with two attached hydrogens (primary N) is 1. The van der Waals surface area contributed by atoms with Crippen LogP contribution in [0.1, 0.15) is 0 Å². The minimum atomic E-state index is -0.264. The Morgan fingerprint density at radius 2 is 2.33 bits per heavy atom. The van der Waals surface area contributed by atoms with E-state index in [-0.39, 0.29) is 28.2 Å². The van der Waals surface area contributed by atoms with Crippen molar-refractivity contribution in [1.29, 1.82) is 0 Å². The summed E-state index contributed by atoms with van der Waals surface area (Å²) in [6.07, 6.45) is 2.98. The van der Waals surface area contributed by atoms with Crippen molar-refractivity contribution < 1.29 is 0 Å². The van der Waals surface area contributed by atoms with Gasteiger partial charge in [-0.05, 0) is 0 Å². The molecule has 5 nitrogen and oxygen atoms in total. The molecule has 0 saturated carbocycles. The second-order valence-corrected chi connectivity index (χ2v) is 2.17. The molecule has 3 N–H and O–H groups in total. The number of hydrogen-bond donors (Lipinski definition) is 2. The highest BCUT2D eigenvalue weighted by molar-refractivity contribution is 8.93. The maximum absolute atomic E-state index is 11.2. The van der Waals surface area contributed by atoms with Crippen LogP contribution in [-0.2, 0) is 0 Å². The van der Waals surface area contributed by atoms with E-state index in [2.05, 4.69) is 10.1 Å². The molecule has 2 rings (SSSR count). The van der Waals surface area contributed by atoms with Crippen LogP contribution < -0.4 is 11.3 Å². The van der Waals surface area contributed by atoms with Gasteiger partial charge in [0.15, 0.2) is 5.65 Å². The van der Waals surface area contributed by atoms with Gasteiger partial charge in [-0.2, -0.15) is 4.52 Å². The molecule has 0 aliphatic carbocycles. The lowest BCUT2D eigenvalue weighted by molar-refractivity contribution is 0.903. The zero-order valence-corrected chi connectivity index (χ0v) is 7.73. The molecule has 12 heavy (non-hydrogen) atoms. The lowest BCUT2D eigenvalue weighted by Crippen LogP contribution is -2.18. The average molecular weight is 231 g/mol. The molecular formula is C6H7BrN4O. The Labute approximate surface area is 78.0 Å². The molecule has 64 valence electrons. The van der Waals surface area contributed by atoms with E-state index in [0.29, 0.717) is 5.65 Å². The number of nitrogens with one attached hydrogen (secondary N) is 1. The van der Waals surface area contributed by atoms with Gasteiger partial charge in [-0.15, -0.1) is 17.0 Å². The number of anilines is 1. The number of rotatable bonds is 0. The number of H-pyrrole nitrogens is 1. The normalized spacial score (nSPS) is 9.67. The molecule has 0 amide bonds. The fourth-order valence-electron chi connectivity index (χ4n) is 0.910. The Morgan fingerprint density at radius 1 is 1.58 bits per heavy atom. The summed E-state index contributed by atoms with van der Waals surface area (Å²) >= 11 is 0. The number of nitrogens with zero attached hydrogens (tertiary/aromatic N) is 2. The summed E-state index contributed by atoms with van der Waals surface area (Å²) in [5, 5.41) is 2.69. The van der Waals surface area contributed by atoms with E-state index in [9.17, 15) is 4.79 Å². The van der Waals surface area contributed by atoms with E-state index >= 15 is 0 Å². The monoisotopic (exact) mass is 230 g/mol. The van der Waals surface area contributed by atoms with E-state index in [1.807, 2.05) is 0 Å². The van der Waals surface area contributed by atoms with E-state index in [0.717, 1.165) is 0 Å². The minimum absolute atomic E-state index is 0. The maximum atomic E-state index is 11.2. The quantitative estimate of drug-likeness (QED) is 0.679. The molecule has 0 unspecified atom stereocenters. The molecule has 2 aromatic heterocycles. The van der Waals surface area contributed by atoms with Gasteiger partial charge < -0.3 is 5.73 Å². The molecule has 0 saturated heterocycles. The molecule has 6 heteroatoms. The molecular weight excluding hydrogens is 224 g/mol. The Bertz CT molecular complexity index is 446. The molecule has 0 bridgehead atoms. The zero-order valence-electron chi connectivity index (χ0n) is 6.02. The van der Waals surface area contributed by atoms with Crippen LogP contribution in [0.15, 0.2) is 23.3 Å². The van der Waals surface area contributed by atoms with Gasteiger partial charge in [-0.3, -0.25) is 9.89 Å². The third-order valence-electron chi connectivity index (χ3n) is 1.45. The predicted molar refractivity (Wildman–Crippen MR) is 50.5 cm³/mol. The molecule has 0 fully saturated rings. The Morgan fingerprint density at radius 3 is 3.08 bits per heavy atom. The van der Waals surface area contributed by atoms with Crippen LogP contribution in [0.3, 0.4) is 0 Å². The predicted octanol–water partition coefficient (Wildman–Crippen LogP) is 0.183. The first-order valence-electron chi connectivity index (χ1n) is 3.09. The van der Waals surface area contributed by atoms with Crippen LogP contribution in [0.2, 0.25) is 0 Å². The molecule has 0 aliphatic heterocycles. The highest BCUT2D eigenvalue weighted by atomic mass is 79.9. The standard InChI is InChI=1S/C6H6N4O.BrH/c7-4-3-8-5-1-2-9-10(5)6(4)11;/h1-3,9H,7H2;1H. The van der Waals surface area contributed by atoms with Crippen molar-refractivity contribution in [2.24, 2.45) is 0 Å².